The third-order valence-corrected chi connectivity index (χ3v) is 4.89. The summed E-state index contributed by atoms with van der Waals surface area (Å²) in [5.41, 5.74) is 4.25. The molecule has 1 aliphatic rings. The Hall–Kier alpha value is -1.84. The highest BCUT2D eigenvalue weighted by Gasteiger charge is 2.23. The molecule has 0 spiro atoms. The second-order valence-electron chi connectivity index (χ2n) is 6.92. The van der Waals surface area contributed by atoms with Gasteiger partial charge in [0.2, 0.25) is 0 Å². The van der Waals surface area contributed by atoms with Gasteiger partial charge in [0, 0.05) is 11.1 Å². The third kappa shape index (κ3) is 4.83. The molecule has 3 heteroatoms. The van der Waals surface area contributed by atoms with Gasteiger partial charge in [0.1, 0.15) is 45.0 Å². The molecular formula is C21H30N2O+2. The number of quaternary nitrogens is 2. The number of hydrogen-bond acceptors (Lipinski definition) is 1. The van der Waals surface area contributed by atoms with Crippen LogP contribution in [0, 0.1) is 6.92 Å². The first-order chi connectivity index (χ1) is 11.7. The Morgan fingerprint density at radius 2 is 1.46 bits per heavy atom. The van der Waals surface area contributed by atoms with Crippen molar-refractivity contribution in [3.8, 4) is 5.75 Å². The summed E-state index contributed by atoms with van der Waals surface area (Å²) in [4.78, 5) is 3.42. The highest BCUT2D eigenvalue weighted by Crippen LogP contribution is 2.11. The molecule has 1 heterocycles. The van der Waals surface area contributed by atoms with Gasteiger partial charge in [-0.15, -0.1) is 0 Å². The molecule has 24 heavy (non-hydrogen) atoms. The fraction of sp³-hybridized carbons (Fsp3) is 0.429. The Morgan fingerprint density at radius 1 is 0.833 bits per heavy atom. The third-order valence-electron chi connectivity index (χ3n) is 4.89. The van der Waals surface area contributed by atoms with Gasteiger partial charge in [-0.3, -0.25) is 0 Å². The Kier molecular flexibility index (Phi) is 5.89. The summed E-state index contributed by atoms with van der Waals surface area (Å²) in [6, 6.07) is 17.6. The van der Waals surface area contributed by atoms with E-state index in [-0.39, 0.29) is 0 Å². The van der Waals surface area contributed by atoms with E-state index in [0.29, 0.717) is 0 Å². The first-order valence-electron chi connectivity index (χ1n) is 9.17. The number of aryl methyl sites for hydroxylation is 1. The molecule has 0 amide bonds. The molecule has 0 radical (unpaired) electrons. The Morgan fingerprint density at radius 3 is 2.04 bits per heavy atom. The van der Waals surface area contributed by atoms with Gasteiger partial charge in [-0.05, 0) is 38.1 Å². The Labute approximate surface area is 145 Å². The fourth-order valence-electron chi connectivity index (χ4n) is 3.58. The van der Waals surface area contributed by atoms with Crippen molar-refractivity contribution in [3.63, 3.8) is 0 Å². The average molecular weight is 326 g/mol. The zero-order valence-corrected chi connectivity index (χ0v) is 15.0. The van der Waals surface area contributed by atoms with Crippen LogP contribution in [0.3, 0.4) is 0 Å². The van der Waals surface area contributed by atoms with Gasteiger partial charge >= 0.3 is 0 Å². The molecule has 3 nitrogen and oxygen atoms in total. The van der Waals surface area contributed by atoms with Gasteiger partial charge in [-0.2, -0.15) is 0 Å². The maximum atomic E-state index is 5.52. The molecule has 2 aromatic rings. The molecule has 0 aromatic heterocycles. The number of ether oxygens (including phenoxy) is 1. The van der Waals surface area contributed by atoms with E-state index in [1.54, 1.807) is 9.80 Å². The van der Waals surface area contributed by atoms with Crippen molar-refractivity contribution in [2.45, 2.75) is 26.9 Å². The second-order valence-corrected chi connectivity index (χ2v) is 6.92. The lowest BCUT2D eigenvalue weighted by molar-refractivity contribution is -1.02. The van der Waals surface area contributed by atoms with Crippen molar-refractivity contribution in [3.05, 3.63) is 65.2 Å². The van der Waals surface area contributed by atoms with E-state index in [9.17, 15) is 0 Å². The molecule has 0 aliphatic carbocycles. The van der Waals surface area contributed by atoms with Crippen LogP contribution in [-0.2, 0) is 13.1 Å². The molecular weight excluding hydrogens is 296 g/mol. The van der Waals surface area contributed by atoms with Crippen LogP contribution in [0.25, 0.3) is 0 Å². The van der Waals surface area contributed by atoms with Crippen LogP contribution in [0.1, 0.15) is 23.6 Å². The van der Waals surface area contributed by atoms with Crippen molar-refractivity contribution in [2.24, 2.45) is 0 Å². The minimum atomic E-state index is 0.732. The van der Waals surface area contributed by atoms with Crippen molar-refractivity contribution < 1.29 is 14.5 Å². The van der Waals surface area contributed by atoms with Gasteiger partial charge in [0.05, 0.1) is 6.61 Å². The second kappa shape index (κ2) is 8.32. The summed E-state index contributed by atoms with van der Waals surface area (Å²) < 4.78 is 5.52. The molecule has 0 unspecified atom stereocenters. The summed E-state index contributed by atoms with van der Waals surface area (Å²) in [6.45, 7) is 12.3. The van der Waals surface area contributed by atoms with E-state index in [4.69, 9.17) is 4.74 Å². The zero-order chi connectivity index (χ0) is 16.8. The molecule has 0 atom stereocenters. The maximum absolute atomic E-state index is 5.52. The molecule has 3 rings (SSSR count). The first-order valence-corrected chi connectivity index (χ1v) is 9.17. The molecule has 0 bridgehead atoms. The monoisotopic (exact) mass is 326 g/mol. The minimum absolute atomic E-state index is 0.732. The lowest BCUT2D eigenvalue weighted by atomic mass is 10.1. The van der Waals surface area contributed by atoms with Gasteiger partial charge in [-0.25, -0.2) is 0 Å². The van der Waals surface area contributed by atoms with Gasteiger partial charge in [0.15, 0.2) is 0 Å². The van der Waals surface area contributed by atoms with Crippen LogP contribution >= 0.6 is 0 Å². The van der Waals surface area contributed by atoms with Gasteiger partial charge in [-0.1, -0.05) is 29.8 Å². The summed E-state index contributed by atoms with van der Waals surface area (Å²) in [7, 11) is 0. The minimum Gasteiger partial charge on any atom is -0.494 e. The van der Waals surface area contributed by atoms with Gasteiger partial charge in [0.25, 0.3) is 0 Å². The molecule has 2 aromatic carbocycles. The fourth-order valence-corrected chi connectivity index (χ4v) is 3.58. The van der Waals surface area contributed by atoms with Crippen LogP contribution in [0.2, 0.25) is 0 Å². The van der Waals surface area contributed by atoms with E-state index in [1.165, 1.54) is 42.9 Å². The van der Waals surface area contributed by atoms with E-state index in [1.807, 2.05) is 6.92 Å². The number of nitrogens with one attached hydrogen (secondary N) is 2. The van der Waals surface area contributed by atoms with Crippen molar-refractivity contribution in [2.75, 3.05) is 32.8 Å². The van der Waals surface area contributed by atoms with E-state index in [0.717, 1.165) is 25.4 Å². The SMILES string of the molecule is CCOc1ccc(C[NH+]2CC[NH+](Cc3cccc(C)c3)CC2)cc1. The normalized spacial score (nSPS) is 20.8. The van der Waals surface area contributed by atoms with Crippen LogP contribution in [0.5, 0.6) is 5.75 Å². The van der Waals surface area contributed by atoms with E-state index in [2.05, 4.69) is 55.5 Å². The standard InChI is InChI=1S/C21H28N2O/c1-3-24-21-9-7-19(8-10-21)16-22-11-13-23(14-12-22)17-20-6-4-5-18(2)15-20/h4-10,15H,3,11-14,16-17H2,1-2H3/p+2. The lowest BCUT2D eigenvalue weighted by Gasteiger charge is -2.30. The topological polar surface area (TPSA) is 18.1 Å². The first kappa shape index (κ1) is 17.0. The average Bonchev–Trinajstić information content (AvgIpc) is 2.59. The van der Waals surface area contributed by atoms with E-state index < -0.39 is 0 Å². The zero-order valence-electron chi connectivity index (χ0n) is 15.0. The predicted molar refractivity (Wildman–Crippen MR) is 97.6 cm³/mol. The number of hydrogen-bond donors (Lipinski definition) is 2. The molecule has 1 aliphatic heterocycles. The smallest absolute Gasteiger partial charge is 0.127 e. The molecule has 1 saturated heterocycles. The summed E-state index contributed by atoms with van der Waals surface area (Å²) in [5.74, 6) is 0.976. The number of piperazine rings is 1. The van der Waals surface area contributed by atoms with Gasteiger partial charge < -0.3 is 14.5 Å². The van der Waals surface area contributed by atoms with Crippen molar-refractivity contribution in [1.29, 1.82) is 0 Å². The summed E-state index contributed by atoms with van der Waals surface area (Å²) in [5, 5.41) is 0. The van der Waals surface area contributed by atoms with Crippen molar-refractivity contribution >= 4 is 0 Å². The molecule has 1 fully saturated rings. The Balaban J connectivity index is 1.46. The lowest BCUT2D eigenvalue weighted by Crippen LogP contribution is -3.27. The highest BCUT2D eigenvalue weighted by molar-refractivity contribution is 5.26. The molecule has 2 N–H and O–H groups in total. The summed E-state index contributed by atoms with van der Waals surface area (Å²) in [6.07, 6.45) is 0. The number of benzene rings is 2. The number of rotatable bonds is 6. The largest absolute Gasteiger partial charge is 0.494 e. The van der Waals surface area contributed by atoms with Crippen LogP contribution in [0.4, 0.5) is 0 Å². The van der Waals surface area contributed by atoms with Crippen LogP contribution in [0.15, 0.2) is 48.5 Å². The molecule has 0 saturated carbocycles. The maximum Gasteiger partial charge on any atom is 0.127 e. The molecule has 128 valence electrons. The van der Waals surface area contributed by atoms with E-state index >= 15 is 0 Å². The van der Waals surface area contributed by atoms with Crippen LogP contribution in [-0.4, -0.2) is 32.8 Å². The quantitative estimate of drug-likeness (QED) is 0.806. The Bertz CT molecular complexity index is 631. The van der Waals surface area contributed by atoms with Crippen LogP contribution < -0.4 is 14.5 Å². The highest BCUT2D eigenvalue weighted by atomic mass is 16.5. The summed E-state index contributed by atoms with van der Waals surface area (Å²) >= 11 is 0. The predicted octanol–water partition coefficient (Wildman–Crippen LogP) is 0.877. The van der Waals surface area contributed by atoms with Crippen molar-refractivity contribution in [1.82, 2.24) is 0 Å².